The van der Waals surface area contributed by atoms with Crippen molar-refractivity contribution >= 4 is 33.5 Å². The molecule has 1 aromatic heterocycles. The Morgan fingerprint density at radius 1 is 1.62 bits per heavy atom. The van der Waals surface area contributed by atoms with Crippen molar-refractivity contribution in [3.63, 3.8) is 0 Å². The lowest BCUT2D eigenvalue weighted by Crippen LogP contribution is -2.29. The lowest BCUT2D eigenvalue weighted by Gasteiger charge is -2.17. The first-order valence-corrected chi connectivity index (χ1v) is 8.90. The molecular weight excluding hydrogens is 314 g/mol. The zero-order valence-electron chi connectivity index (χ0n) is 11.2. The van der Waals surface area contributed by atoms with Gasteiger partial charge in [0, 0.05) is 18.9 Å². The van der Waals surface area contributed by atoms with Crippen LogP contribution >= 0.6 is 11.8 Å². The average molecular weight is 327 g/mol. The molecule has 1 aliphatic rings. The maximum atomic E-state index is 12.1. The van der Waals surface area contributed by atoms with Gasteiger partial charge in [-0.25, -0.2) is 23.5 Å². The standard InChI is InChI=1S/C11H13N5O3S2/c1-20-11-14-4-8(3-12)10(15-11)16-5-7(2-9(16)17)6-21(13,18)19/h4,7H,2,5-6H2,1H3,(H2,13,18,19). The summed E-state index contributed by atoms with van der Waals surface area (Å²) in [6, 6.07) is 1.94. The van der Waals surface area contributed by atoms with Gasteiger partial charge in [-0.3, -0.25) is 9.69 Å². The number of carbonyl (C=O) groups excluding carboxylic acids is 1. The van der Waals surface area contributed by atoms with Gasteiger partial charge in [0.15, 0.2) is 11.0 Å². The van der Waals surface area contributed by atoms with Gasteiger partial charge in [-0.15, -0.1) is 0 Å². The SMILES string of the molecule is CSc1ncc(C#N)c(N2CC(CS(N)(=O)=O)CC2=O)n1. The highest BCUT2D eigenvalue weighted by Gasteiger charge is 2.34. The first kappa shape index (κ1) is 15.7. The van der Waals surface area contributed by atoms with E-state index in [1.54, 1.807) is 6.26 Å². The van der Waals surface area contributed by atoms with Crippen LogP contribution in [0.25, 0.3) is 0 Å². The number of carbonyl (C=O) groups is 1. The summed E-state index contributed by atoms with van der Waals surface area (Å²) in [7, 11) is -3.65. The molecule has 1 fully saturated rings. The minimum atomic E-state index is -3.65. The van der Waals surface area contributed by atoms with Crippen LogP contribution in [-0.4, -0.2) is 42.8 Å². The largest absolute Gasteiger partial charge is 0.295 e. The van der Waals surface area contributed by atoms with E-state index in [1.165, 1.54) is 22.9 Å². The highest BCUT2D eigenvalue weighted by Crippen LogP contribution is 2.27. The van der Waals surface area contributed by atoms with Crippen LogP contribution in [0, 0.1) is 17.2 Å². The molecule has 1 saturated heterocycles. The van der Waals surface area contributed by atoms with Crippen molar-refractivity contribution in [1.82, 2.24) is 9.97 Å². The number of rotatable bonds is 4. The van der Waals surface area contributed by atoms with Crippen LogP contribution in [0.4, 0.5) is 5.82 Å². The van der Waals surface area contributed by atoms with Gasteiger partial charge >= 0.3 is 0 Å². The molecule has 2 rings (SSSR count). The van der Waals surface area contributed by atoms with Crippen molar-refractivity contribution in [2.45, 2.75) is 11.6 Å². The van der Waals surface area contributed by atoms with Crippen molar-refractivity contribution in [2.75, 3.05) is 23.5 Å². The number of thioether (sulfide) groups is 1. The van der Waals surface area contributed by atoms with Crippen LogP contribution < -0.4 is 10.0 Å². The number of nitriles is 1. The van der Waals surface area contributed by atoms with Crippen LogP contribution in [0.5, 0.6) is 0 Å². The lowest BCUT2D eigenvalue weighted by atomic mass is 10.1. The molecule has 2 N–H and O–H groups in total. The number of nitrogens with two attached hydrogens (primary N) is 1. The van der Waals surface area contributed by atoms with Gasteiger partial charge in [0.05, 0.1) is 11.9 Å². The minimum Gasteiger partial charge on any atom is -0.295 e. The molecule has 0 aromatic carbocycles. The molecule has 21 heavy (non-hydrogen) atoms. The molecule has 1 unspecified atom stereocenters. The fourth-order valence-corrected chi connectivity index (χ4v) is 3.38. The van der Waals surface area contributed by atoms with Crippen molar-refractivity contribution in [2.24, 2.45) is 11.1 Å². The van der Waals surface area contributed by atoms with Crippen molar-refractivity contribution in [3.8, 4) is 6.07 Å². The van der Waals surface area contributed by atoms with E-state index in [-0.39, 0.29) is 36.0 Å². The fourth-order valence-electron chi connectivity index (χ4n) is 2.17. The predicted octanol–water partition coefficient (Wildman–Crippen LogP) is -0.288. The first-order valence-electron chi connectivity index (χ1n) is 5.96. The number of aromatic nitrogens is 2. The molecule has 0 aliphatic carbocycles. The van der Waals surface area contributed by atoms with Crippen molar-refractivity contribution < 1.29 is 13.2 Å². The molecule has 10 heteroatoms. The van der Waals surface area contributed by atoms with Crippen molar-refractivity contribution in [3.05, 3.63) is 11.8 Å². The van der Waals surface area contributed by atoms with E-state index in [2.05, 4.69) is 9.97 Å². The second-order valence-corrected chi connectivity index (χ2v) is 7.04. The number of hydrogen-bond acceptors (Lipinski definition) is 7. The Morgan fingerprint density at radius 3 is 2.90 bits per heavy atom. The molecule has 0 spiro atoms. The summed E-state index contributed by atoms with van der Waals surface area (Å²) in [6.45, 7) is 0.175. The third-order valence-corrected chi connectivity index (χ3v) is 4.48. The Labute approximate surface area is 126 Å². The van der Waals surface area contributed by atoms with Gasteiger partial charge in [0.1, 0.15) is 11.6 Å². The molecule has 1 amide bonds. The molecule has 0 bridgehead atoms. The predicted molar refractivity (Wildman–Crippen MR) is 77.0 cm³/mol. The Bertz CT molecular complexity index is 713. The molecule has 8 nitrogen and oxygen atoms in total. The zero-order valence-corrected chi connectivity index (χ0v) is 12.8. The maximum absolute atomic E-state index is 12.1. The number of sulfonamides is 1. The quantitative estimate of drug-likeness (QED) is 0.594. The summed E-state index contributed by atoms with van der Waals surface area (Å²) in [6.07, 6.45) is 3.20. The third kappa shape index (κ3) is 3.69. The molecule has 1 aliphatic heterocycles. The first-order chi connectivity index (χ1) is 9.84. The summed E-state index contributed by atoms with van der Waals surface area (Å²) in [5.74, 6) is -0.714. The molecule has 0 saturated carbocycles. The number of amides is 1. The molecule has 112 valence electrons. The zero-order chi connectivity index (χ0) is 15.6. The van der Waals surface area contributed by atoms with Gasteiger partial charge in [-0.1, -0.05) is 11.8 Å². The lowest BCUT2D eigenvalue weighted by molar-refractivity contribution is -0.117. The van der Waals surface area contributed by atoms with Crippen LogP contribution in [0.1, 0.15) is 12.0 Å². The topological polar surface area (TPSA) is 130 Å². The smallest absolute Gasteiger partial charge is 0.228 e. The van der Waals surface area contributed by atoms with E-state index in [1.807, 2.05) is 6.07 Å². The third-order valence-electron chi connectivity index (χ3n) is 2.98. The van der Waals surface area contributed by atoms with E-state index in [0.717, 1.165) is 0 Å². The number of anilines is 1. The van der Waals surface area contributed by atoms with Gasteiger partial charge in [-0.05, 0) is 6.26 Å². The Balaban J connectivity index is 2.30. The number of hydrogen-bond donors (Lipinski definition) is 1. The monoisotopic (exact) mass is 327 g/mol. The van der Waals surface area contributed by atoms with Crippen LogP contribution in [0.2, 0.25) is 0 Å². The molecule has 1 aromatic rings. The fraction of sp³-hybridized carbons (Fsp3) is 0.455. The van der Waals surface area contributed by atoms with Gasteiger partial charge in [-0.2, -0.15) is 5.26 Å². The van der Waals surface area contributed by atoms with Crippen LogP contribution in [0.3, 0.4) is 0 Å². The second kappa shape index (κ2) is 5.97. The highest BCUT2D eigenvalue weighted by atomic mass is 32.2. The van der Waals surface area contributed by atoms with E-state index < -0.39 is 15.9 Å². The highest BCUT2D eigenvalue weighted by molar-refractivity contribution is 7.98. The van der Waals surface area contributed by atoms with Crippen LogP contribution in [0.15, 0.2) is 11.4 Å². The summed E-state index contributed by atoms with van der Waals surface area (Å²) in [5, 5.41) is 14.5. The van der Waals surface area contributed by atoms with Gasteiger partial charge < -0.3 is 0 Å². The average Bonchev–Trinajstić information content (AvgIpc) is 2.76. The summed E-state index contributed by atoms with van der Waals surface area (Å²) < 4.78 is 22.3. The molecule has 1 atom stereocenters. The Hall–Kier alpha value is -1.70. The number of primary sulfonamides is 1. The normalized spacial score (nSPS) is 18.8. The second-order valence-electron chi connectivity index (χ2n) is 4.61. The Kier molecular flexibility index (Phi) is 4.46. The van der Waals surface area contributed by atoms with E-state index in [9.17, 15) is 13.2 Å². The van der Waals surface area contributed by atoms with Gasteiger partial charge in [0.2, 0.25) is 15.9 Å². The van der Waals surface area contributed by atoms with E-state index >= 15 is 0 Å². The van der Waals surface area contributed by atoms with Gasteiger partial charge in [0.25, 0.3) is 0 Å². The number of nitrogens with zero attached hydrogens (tertiary/aromatic N) is 4. The minimum absolute atomic E-state index is 0.0693. The Morgan fingerprint density at radius 2 is 2.33 bits per heavy atom. The summed E-state index contributed by atoms with van der Waals surface area (Å²) in [4.78, 5) is 21.5. The van der Waals surface area contributed by atoms with E-state index in [4.69, 9.17) is 10.4 Å². The molecular formula is C11H13N5O3S2. The molecule has 0 radical (unpaired) electrons. The summed E-state index contributed by atoms with van der Waals surface area (Å²) in [5.41, 5.74) is 0.178. The van der Waals surface area contributed by atoms with Crippen LogP contribution in [-0.2, 0) is 14.8 Å². The summed E-state index contributed by atoms with van der Waals surface area (Å²) >= 11 is 1.29. The molecule has 2 heterocycles. The van der Waals surface area contributed by atoms with Crippen molar-refractivity contribution in [1.29, 1.82) is 5.26 Å². The maximum Gasteiger partial charge on any atom is 0.228 e. The van der Waals surface area contributed by atoms with E-state index in [0.29, 0.717) is 5.16 Å².